The standard InChI is InChI=1S/C20H25N3OS/c1-3-23(4-2)14-11-9-13(10-12-14)18-21-19(24)17-15-7-5-6-8-16(15)25-20(17)22-18/h9-12,18,22H,3-8H2,1-2H3,(H,21,24). The van der Waals surface area contributed by atoms with Crippen LogP contribution in [0.5, 0.6) is 0 Å². The SMILES string of the molecule is CCN(CC)c1ccc(C2NC(=O)c3c(sc4c3CCCC4)N2)cc1. The minimum Gasteiger partial charge on any atom is -0.372 e. The summed E-state index contributed by atoms with van der Waals surface area (Å²) >= 11 is 1.78. The molecule has 0 bridgehead atoms. The van der Waals surface area contributed by atoms with Gasteiger partial charge in [-0.05, 0) is 62.8 Å². The number of fused-ring (bicyclic) bond motifs is 3. The van der Waals surface area contributed by atoms with Crippen LogP contribution in [0.4, 0.5) is 10.7 Å². The van der Waals surface area contributed by atoms with Crippen molar-refractivity contribution in [1.82, 2.24) is 5.32 Å². The summed E-state index contributed by atoms with van der Waals surface area (Å²) < 4.78 is 0. The lowest BCUT2D eigenvalue weighted by molar-refractivity contribution is 0.0935. The second kappa shape index (κ2) is 6.71. The molecule has 2 aromatic rings. The number of hydrogen-bond donors (Lipinski definition) is 2. The number of carbonyl (C=O) groups is 1. The minimum atomic E-state index is -0.147. The molecule has 0 saturated carbocycles. The van der Waals surface area contributed by atoms with Gasteiger partial charge in [0.25, 0.3) is 5.91 Å². The number of anilines is 2. The Bertz CT molecular complexity index is 777. The van der Waals surface area contributed by atoms with Gasteiger partial charge in [-0.25, -0.2) is 0 Å². The molecule has 0 fully saturated rings. The average Bonchev–Trinajstić information content (AvgIpc) is 3.02. The fraction of sp³-hybridized carbons (Fsp3) is 0.450. The van der Waals surface area contributed by atoms with Crippen molar-refractivity contribution in [1.29, 1.82) is 0 Å². The summed E-state index contributed by atoms with van der Waals surface area (Å²) in [5.74, 6) is 0.0750. The molecule has 25 heavy (non-hydrogen) atoms. The van der Waals surface area contributed by atoms with Crippen LogP contribution < -0.4 is 15.5 Å². The van der Waals surface area contributed by atoms with Crippen molar-refractivity contribution in [2.24, 2.45) is 0 Å². The van der Waals surface area contributed by atoms with E-state index in [9.17, 15) is 4.79 Å². The second-order valence-electron chi connectivity index (χ2n) is 6.73. The molecule has 1 atom stereocenters. The van der Waals surface area contributed by atoms with E-state index in [1.807, 2.05) is 0 Å². The van der Waals surface area contributed by atoms with Gasteiger partial charge in [-0.15, -0.1) is 11.3 Å². The summed E-state index contributed by atoms with van der Waals surface area (Å²) in [6.07, 6.45) is 4.44. The monoisotopic (exact) mass is 355 g/mol. The highest BCUT2D eigenvalue weighted by Gasteiger charge is 2.31. The summed E-state index contributed by atoms with van der Waals surface area (Å²) in [5.41, 5.74) is 4.51. The third-order valence-electron chi connectivity index (χ3n) is 5.30. The van der Waals surface area contributed by atoms with Crippen LogP contribution >= 0.6 is 11.3 Å². The summed E-state index contributed by atoms with van der Waals surface area (Å²) in [6.45, 7) is 6.33. The maximum Gasteiger partial charge on any atom is 0.256 e. The number of nitrogens with zero attached hydrogens (tertiary/aromatic N) is 1. The molecule has 1 aromatic carbocycles. The van der Waals surface area contributed by atoms with Gasteiger partial charge in [0.15, 0.2) is 0 Å². The highest BCUT2D eigenvalue weighted by atomic mass is 32.1. The Labute approximate surface area is 153 Å². The Morgan fingerprint density at radius 2 is 1.80 bits per heavy atom. The van der Waals surface area contributed by atoms with Gasteiger partial charge >= 0.3 is 0 Å². The number of thiophene rings is 1. The number of amides is 1. The van der Waals surface area contributed by atoms with Gasteiger partial charge in [0.2, 0.25) is 0 Å². The zero-order valence-electron chi connectivity index (χ0n) is 14.9. The summed E-state index contributed by atoms with van der Waals surface area (Å²) in [4.78, 5) is 16.4. The van der Waals surface area contributed by atoms with Crippen LogP contribution in [0.25, 0.3) is 0 Å². The van der Waals surface area contributed by atoms with Gasteiger partial charge in [-0.2, -0.15) is 0 Å². The van der Waals surface area contributed by atoms with E-state index in [1.165, 1.54) is 29.0 Å². The lowest BCUT2D eigenvalue weighted by Gasteiger charge is -2.27. The van der Waals surface area contributed by atoms with Gasteiger partial charge in [-0.3, -0.25) is 4.79 Å². The topological polar surface area (TPSA) is 44.4 Å². The number of rotatable bonds is 4. The van der Waals surface area contributed by atoms with Crippen LogP contribution in [0.3, 0.4) is 0 Å². The van der Waals surface area contributed by atoms with E-state index >= 15 is 0 Å². The molecule has 1 amide bonds. The molecule has 2 heterocycles. The van der Waals surface area contributed by atoms with Crippen molar-refractivity contribution >= 4 is 27.9 Å². The fourth-order valence-electron chi connectivity index (χ4n) is 3.91. The van der Waals surface area contributed by atoms with Crippen LogP contribution in [0.15, 0.2) is 24.3 Å². The molecule has 1 unspecified atom stereocenters. The lowest BCUT2D eigenvalue weighted by atomic mass is 9.94. The Morgan fingerprint density at radius 1 is 1.08 bits per heavy atom. The molecule has 5 heteroatoms. The fourth-order valence-corrected chi connectivity index (χ4v) is 5.23. The normalized spacial score (nSPS) is 18.8. The summed E-state index contributed by atoms with van der Waals surface area (Å²) in [7, 11) is 0. The molecule has 4 nitrogen and oxygen atoms in total. The molecule has 4 rings (SSSR count). The number of hydrogen-bond acceptors (Lipinski definition) is 4. The minimum absolute atomic E-state index is 0.0750. The zero-order chi connectivity index (χ0) is 17.4. The Kier molecular flexibility index (Phi) is 4.42. The predicted octanol–water partition coefficient (Wildman–Crippen LogP) is 4.33. The molecule has 0 spiro atoms. The summed E-state index contributed by atoms with van der Waals surface area (Å²) in [5, 5.41) is 7.74. The molecule has 2 N–H and O–H groups in total. The van der Waals surface area contributed by atoms with Crippen molar-refractivity contribution in [3.63, 3.8) is 0 Å². The lowest BCUT2D eigenvalue weighted by Crippen LogP contribution is -2.38. The van der Waals surface area contributed by atoms with E-state index in [1.54, 1.807) is 11.3 Å². The smallest absolute Gasteiger partial charge is 0.256 e. The third kappa shape index (κ3) is 2.91. The van der Waals surface area contributed by atoms with E-state index < -0.39 is 0 Å². The van der Waals surface area contributed by atoms with Crippen LogP contribution in [-0.4, -0.2) is 19.0 Å². The molecule has 132 valence electrons. The molecular formula is C20H25N3OS. The molecular weight excluding hydrogens is 330 g/mol. The first-order chi connectivity index (χ1) is 12.2. The first kappa shape index (κ1) is 16.5. The molecule has 1 aromatic heterocycles. The molecule has 0 saturated heterocycles. The zero-order valence-corrected chi connectivity index (χ0v) is 15.7. The molecule has 2 aliphatic rings. The van der Waals surface area contributed by atoms with Crippen molar-refractivity contribution in [3.05, 3.63) is 45.8 Å². The highest BCUT2D eigenvalue weighted by molar-refractivity contribution is 7.16. The van der Waals surface area contributed by atoms with Gasteiger partial charge in [-0.1, -0.05) is 12.1 Å². The first-order valence-corrected chi connectivity index (χ1v) is 10.1. The Hall–Kier alpha value is -2.01. The van der Waals surface area contributed by atoms with Crippen LogP contribution in [0.2, 0.25) is 0 Å². The largest absolute Gasteiger partial charge is 0.372 e. The number of benzene rings is 1. The van der Waals surface area contributed by atoms with E-state index in [0.717, 1.165) is 42.1 Å². The molecule has 0 radical (unpaired) electrons. The van der Waals surface area contributed by atoms with Crippen molar-refractivity contribution < 1.29 is 4.79 Å². The maximum atomic E-state index is 12.7. The van der Waals surface area contributed by atoms with Crippen molar-refractivity contribution in [2.75, 3.05) is 23.3 Å². The predicted molar refractivity (Wildman–Crippen MR) is 105 cm³/mol. The van der Waals surface area contributed by atoms with E-state index in [4.69, 9.17) is 0 Å². The van der Waals surface area contributed by atoms with E-state index in [-0.39, 0.29) is 12.1 Å². The maximum absolute atomic E-state index is 12.7. The molecule has 1 aliphatic carbocycles. The summed E-state index contributed by atoms with van der Waals surface area (Å²) in [6, 6.07) is 8.52. The van der Waals surface area contributed by atoms with Gasteiger partial charge in [0.1, 0.15) is 11.2 Å². The number of nitrogens with one attached hydrogen (secondary N) is 2. The Balaban J connectivity index is 1.59. The number of aryl methyl sites for hydroxylation is 1. The Morgan fingerprint density at radius 3 is 2.52 bits per heavy atom. The van der Waals surface area contributed by atoms with Gasteiger partial charge in [0.05, 0.1) is 5.56 Å². The highest BCUT2D eigenvalue weighted by Crippen LogP contribution is 2.41. The second-order valence-corrected chi connectivity index (χ2v) is 7.83. The van der Waals surface area contributed by atoms with E-state index in [2.05, 4.69) is 53.6 Å². The van der Waals surface area contributed by atoms with Gasteiger partial charge in [0, 0.05) is 23.7 Å². The third-order valence-corrected chi connectivity index (χ3v) is 6.53. The van der Waals surface area contributed by atoms with Crippen molar-refractivity contribution in [3.8, 4) is 0 Å². The van der Waals surface area contributed by atoms with Gasteiger partial charge < -0.3 is 15.5 Å². The van der Waals surface area contributed by atoms with Crippen LogP contribution in [-0.2, 0) is 12.8 Å². The van der Waals surface area contributed by atoms with Crippen LogP contribution in [0.1, 0.15) is 59.2 Å². The first-order valence-electron chi connectivity index (χ1n) is 9.28. The van der Waals surface area contributed by atoms with E-state index in [0.29, 0.717) is 0 Å². The number of carbonyl (C=O) groups excluding carboxylic acids is 1. The quantitative estimate of drug-likeness (QED) is 0.858. The average molecular weight is 356 g/mol. The molecule has 1 aliphatic heterocycles. The van der Waals surface area contributed by atoms with Crippen LogP contribution in [0, 0.1) is 0 Å². The van der Waals surface area contributed by atoms with Crippen molar-refractivity contribution in [2.45, 2.75) is 45.7 Å².